The molecular weight excluding hydrogens is 364 g/mol. The number of halogens is 1. The molecule has 2 aromatic rings. The van der Waals surface area contributed by atoms with Gasteiger partial charge in [-0.15, -0.1) is 0 Å². The highest BCUT2D eigenvalue weighted by Crippen LogP contribution is 2.47. The van der Waals surface area contributed by atoms with Crippen molar-refractivity contribution in [1.29, 1.82) is 0 Å². The third kappa shape index (κ3) is 2.47. The van der Waals surface area contributed by atoms with Crippen LogP contribution in [-0.2, 0) is 0 Å². The molecule has 23 heavy (non-hydrogen) atoms. The van der Waals surface area contributed by atoms with Crippen molar-refractivity contribution < 1.29 is 23.7 Å². The Bertz CT molecular complexity index is 761. The summed E-state index contributed by atoms with van der Waals surface area (Å²) in [6.07, 6.45) is -0.408. The van der Waals surface area contributed by atoms with Crippen LogP contribution in [0.2, 0.25) is 0 Å². The molecule has 0 unspecified atom stereocenters. The van der Waals surface area contributed by atoms with Gasteiger partial charge in [-0.25, -0.2) is 0 Å². The van der Waals surface area contributed by atoms with Gasteiger partial charge in [-0.05, 0) is 31.2 Å². The third-order valence-electron chi connectivity index (χ3n) is 3.91. The first kappa shape index (κ1) is 14.5. The predicted molar refractivity (Wildman–Crippen MR) is 86.7 cm³/mol. The van der Waals surface area contributed by atoms with E-state index < -0.39 is 0 Å². The maximum atomic E-state index is 6.18. The van der Waals surface area contributed by atoms with E-state index in [0.29, 0.717) is 17.2 Å². The van der Waals surface area contributed by atoms with Crippen LogP contribution in [0.25, 0.3) is 0 Å². The highest BCUT2D eigenvalue weighted by Gasteiger charge is 2.33. The van der Waals surface area contributed by atoms with E-state index in [1.165, 1.54) is 0 Å². The monoisotopic (exact) mass is 378 g/mol. The second-order valence-corrected chi connectivity index (χ2v) is 6.33. The summed E-state index contributed by atoms with van der Waals surface area (Å²) in [5, 5.41) is 0. The van der Waals surface area contributed by atoms with Gasteiger partial charge in [-0.2, -0.15) is 0 Å². The number of rotatable bonds is 2. The largest absolute Gasteiger partial charge is 0.493 e. The number of benzene rings is 2. The van der Waals surface area contributed by atoms with E-state index in [2.05, 4.69) is 15.9 Å². The maximum Gasteiger partial charge on any atom is 0.231 e. The Kier molecular flexibility index (Phi) is 3.49. The molecule has 2 heterocycles. The molecule has 2 aliphatic heterocycles. The first-order chi connectivity index (χ1) is 11.2. The lowest BCUT2D eigenvalue weighted by Crippen LogP contribution is -2.30. The summed E-state index contributed by atoms with van der Waals surface area (Å²) in [7, 11) is 1.61. The van der Waals surface area contributed by atoms with Crippen molar-refractivity contribution in [2.24, 2.45) is 0 Å². The van der Waals surface area contributed by atoms with Gasteiger partial charge in [0.15, 0.2) is 29.1 Å². The Labute approximate surface area is 142 Å². The van der Waals surface area contributed by atoms with E-state index in [9.17, 15) is 0 Å². The average molecular weight is 379 g/mol. The van der Waals surface area contributed by atoms with Crippen LogP contribution in [0.3, 0.4) is 0 Å². The summed E-state index contributed by atoms with van der Waals surface area (Å²) in [5.74, 6) is 3.40. The second-order valence-electron chi connectivity index (χ2n) is 5.41. The van der Waals surface area contributed by atoms with Crippen LogP contribution in [0.1, 0.15) is 18.6 Å². The molecule has 2 aliphatic rings. The van der Waals surface area contributed by atoms with Crippen LogP contribution < -0.4 is 23.7 Å². The van der Waals surface area contributed by atoms with Crippen molar-refractivity contribution in [2.75, 3.05) is 13.9 Å². The van der Waals surface area contributed by atoms with Gasteiger partial charge in [0.1, 0.15) is 6.10 Å². The topological polar surface area (TPSA) is 46.2 Å². The molecule has 0 spiro atoms. The van der Waals surface area contributed by atoms with Crippen LogP contribution in [-0.4, -0.2) is 20.0 Å². The van der Waals surface area contributed by atoms with Crippen LogP contribution >= 0.6 is 15.9 Å². The lowest BCUT2D eigenvalue weighted by atomic mass is 10.0. The standard InChI is InChI=1S/C17H15BrO5/c1-9-16(10-3-4-12-13(5-10)21-8-20-12)23-15-7-11(18)6-14(19-2)17(15)22-9/h3-7,9,16H,8H2,1-2H3/t9-,16+/m1/s1. The SMILES string of the molecule is COc1cc(Br)cc2c1O[C@H](C)[C@@H](c1ccc3c(c1)OCO3)O2. The molecule has 0 fully saturated rings. The van der Waals surface area contributed by atoms with Crippen molar-refractivity contribution >= 4 is 15.9 Å². The zero-order chi connectivity index (χ0) is 16.0. The fraction of sp³-hybridized carbons (Fsp3) is 0.294. The van der Waals surface area contributed by atoms with Gasteiger partial charge in [-0.3, -0.25) is 0 Å². The summed E-state index contributed by atoms with van der Waals surface area (Å²) in [6, 6.07) is 9.54. The molecule has 120 valence electrons. The van der Waals surface area contributed by atoms with Crippen LogP contribution in [0.4, 0.5) is 0 Å². The van der Waals surface area contributed by atoms with Gasteiger partial charge >= 0.3 is 0 Å². The molecule has 4 rings (SSSR count). The Balaban J connectivity index is 1.71. The van der Waals surface area contributed by atoms with Gasteiger partial charge in [0, 0.05) is 10.0 Å². The normalized spacial score (nSPS) is 21.2. The van der Waals surface area contributed by atoms with E-state index >= 15 is 0 Å². The van der Waals surface area contributed by atoms with E-state index in [1.54, 1.807) is 7.11 Å². The first-order valence-corrected chi connectivity index (χ1v) is 8.05. The molecule has 0 aromatic heterocycles. The van der Waals surface area contributed by atoms with Crippen LogP contribution in [0.5, 0.6) is 28.7 Å². The van der Waals surface area contributed by atoms with Gasteiger partial charge in [0.2, 0.25) is 12.5 Å². The molecule has 2 aromatic carbocycles. The fourth-order valence-electron chi connectivity index (χ4n) is 2.81. The van der Waals surface area contributed by atoms with Gasteiger partial charge in [0.05, 0.1) is 7.11 Å². The summed E-state index contributed by atoms with van der Waals surface area (Å²) in [6.45, 7) is 2.23. The Hall–Kier alpha value is -2.08. The molecule has 0 amide bonds. The predicted octanol–water partition coefficient (Wildman–Crippen LogP) is 4.09. The molecular formula is C17H15BrO5. The van der Waals surface area contributed by atoms with Gasteiger partial charge < -0.3 is 23.7 Å². The lowest BCUT2D eigenvalue weighted by Gasteiger charge is -2.33. The number of hydrogen-bond donors (Lipinski definition) is 0. The number of fused-ring (bicyclic) bond motifs is 2. The Morgan fingerprint density at radius 1 is 1.04 bits per heavy atom. The summed E-state index contributed by atoms with van der Waals surface area (Å²) < 4.78 is 29.3. The molecule has 2 atom stereocenters. The maximum absolute atomic E-state index is 6.18. The van der Waals surface area contributed by atoms with E-state index in [4.69, 9.17) is 23.7 Å². The molecule has 5 nitrogen and oxygen atoms in total. The van der Waals surface area contributed by atoms with Crippen molar-refractivity contribution in [3.63, 3.8) is 0 Å². The van der Waals surface area contributed by atoms with Crippen molar-refractivity contribution in [2.45, 2.75) is 19.1 Å². The van der Waals surface area contributed by atoms with Crippen molar-refractivity contribution in [3.05, 3.63) is 40.4 Å². The number of hydrogen-bond acceptors (Lipinski definition) is 5. The zero-order valence-corrected chi connectivity index (χ0v) is 14.3. The van der Waals surface area contributed by atoms with Gasteiger partial charge in [0.25, 0.3) is 0 Å². The smallest absolute Gasteiger partial charge is 0.231 e. The number of methoxy groups -OCH3 is 1. The first-order valence-electron chi connectivity index (χ1n) is 7.26. The minimum Gasteiger partial charge on any atom is -0.493 e. The molecule has 0 radical (unpaired) electrons. The lowest BCUT2D eigenvalue weighted by molar-refractivity contribution is 0.0280. The molecule has 0 aliphatic carbocycles. The van der Waals surface area contributed by atoms with E-state index in [1.807, 2.05) is 37.3 Å². The summed E-state index contributed by atoms with van der Waals surface area (Å²) >= 11 is 3.46. The number of ether oxygens (including phenoxy) is 5. The highest BCUT2D eigenvalue weighted by molar-refractivity contribution is 9.10. The zero-order valence-electron chi connectivity index (χ0n) is 12.7. The minimum absolute atomic E-state index is 0.169. The average Bonchev–Trinajstić information content (AvgIpc) is 3.01. The van der Waals surface area contributed by atoms with Crippen LogP contribution in [0.15, 0.2) is 34.8 Å². The molecule has 6 heteroatoms. The minimum atomic E-state index is -0.240. The van der Waals surface area contributed by atoms with E-state index in [-0.39, 0.29) is 19.0 Å². The van der Waals surface area contributed by atoms with Crippen molar-refractivity contribution in [1.82, 2.24) is 0 Å². The Morgan fingerprint density at radius 2 is 1.87 bits per heavy atom. The van der Waals surface area contributed by atoms with Crippen LogP contribution in [0, 0.1) is 0 Å². The summed E-state index contributed by atoms with van der Waals surface area (Å²) in [5.41, 5.74) is 0.978. The third-order valence-corrected chi connectivity index (χ3v) is 4.37. The molecule has 0 N–H and O–H groups in total. The quantitative estimate of drug-likeness (QED) is 0.787. The van der Waals surface area contributed by atoms with E-state index in [0.717, 1.165) is 21.5 Å². The molecule has 0 saturated carbocycles. The van der Waals surface area contributed by atoms with Crippen molar-refractivity contribution in [3.8, 4) is 28.7 Å². The Morgan fingerprint density at radius 3 is 2.70 bits per heavy atom. The second kappa shape index (κ2) is 5.53. The molecule has 0 bridgehead atoms. The summed E-state index contributed by atoms with van der Waals surface area (Å²) in [4.78, 5) is 0. The van der Waals surface area contributed by atoms with Gasteiger partial charge in [-0.1, -0.05) is 22.0 Å². The highest BCUT2D eigenvalue weighted by atomic mass is 79.9. The fourth-order valence-corrected chi connectivity index (χ4v) is 3.23. The molecule has 0 saturated heterocycles.